The lowest BCUT2D eigenvalue weighted by Crippen LogP contribution is -2.72. The van der Waals surface area contributed by atoms with Gasteiger partial charge in [0.05, 0.1) is 91.4 Å². The van der Waals surface area contributed by atoms with E-state index in [1.54, 1.807) is 0 Å². The lowest BCUT2D eigenvalue weighted by atomic mass is 9.93. The third kappa shape index (κ3) is 28.6. The molecule has 0 saturated carbocycles. The fourth-order valence-corrected chi connectivity index (χ4v) is 19.2. The number of aliphatic hydroxyl groups excluding tert-OH is 32. The van der Waals surface area contributed by atoms with E-state index < -0.39 is 477 Å². The molecular formula is C84H142N6O60. The Morgan fingerprint density at radius 3 is 0.907 bits per heavy atom. The molecule has 38 N–H and O–H groups in total. The first-order chi connectivity index (χ1) is 70.9. The predicted molar refractivity (Wildman–Crippen MR) is 465 cm³/mol. The maximum Gasteiger partial charge on any atom is 0.217 e. The summed E-state index contributed by atoms with van der Waals surface area (Å²) in [6, 6.07) is -12.6. The number of carbonyl (C=O) groups is 6. The fourth-order valence-electron chi connectivity index (χ4n) is 19.2. The van der Waals surface area contributed by atoms with E-state index in [1.807, 2.05) is 0 Å². The molecule has 0 aliphatic carbocycles. The van der Waals surface area contributed by atoms with Gasteiger partial charge in [-0.3, -0.25) is 28.8 Å². The minimum absolute atomic E-state index is 0.830. The van der Waals surface area contributed by atoms with Crippen molar-refractivity contribution in [3.8, 4) is 0 Å². The molecule has 0 unspecified atom stereocenters. The van der Waals surface area contributed by atoms with Crippen LogP contribution in [-0.2, 0) is 133 Å². The average Bonchev–Trinajstić information content (AvgIpc) is 0.752. The molecule has 0 aromatic carbocycles. The molecule has 11 aliphatic heterocycles. The summed E-state index contributed by atoms with van der Waals surface area (Å²) in [6.07, 6.45) is -120. The van der Waals surface area contributed by atoms with Crippen LogP contribution in [0.3, 0.4) is 0 Å². The van der Waals surface area contributed by atoms with Gasteiger partial charge in [-0.25, -0.2) is 0 Å². The third-order valence-electron chi connectivity index (χ3n) is 27.1. The molecule has 59 atom stereocenters. The zero-order chi connectivity index (χ0) is 111. The molecule has 150 heavy (non-hydrogen) atoms. The number of ether oxygens (including phenoxy) is 22. The molecule has 868 valence electrons. The zero-order valence-electron chi connectivity index (χ0n) is 81.3. The maximum absolute atomic E-state index is 13.8. The molecular weight excluding hydrogens is 2050 g/mol. The Morgan fingerprint density at radius 1 is 0.247 bits per heavy atom. The van der Waals surface area contributed by atoms with E-state index in [1.165, 1.54) is 6.92 Å². The lowest BCUT2D eigenvalue weighted by molar-refractivity contribution is -0.414. The number of nitrogens with one attached hydrogen (secondary N) is 6. The average molecular weight is 2200 g/mol. The number of hydrogen-bond donors (Lipinski definition) is 38. The molecule has 0 radical (unpaired) electrons. The van der Waals surface area contributed by atoms with Gasteiger partial charge in [0.1, 0.15) is 280 Å². The van der Waals surface area contributed by atoms with Gasteiger partial charge in [-0.2, -0.15) is 0 Å². The van der Waals surface area contributed by atoms with Gasteiger partial charge in [0.15, 0.2) is 69.2 Å². The van der Waals surface area contributed by atoms with Crippen molar-refractivity contribution >= 4 is 35.4 Å². The summed E-state index contributed by atoms with van der Waals surface area (Å²) < 4.78 is 135. The first kappa shape index (κ1) is 125. The van der Waals surface area contributed by atoms with Crippen LogP contribution in [0.4, 0.5) is 0 Å². The molecule has 11 heterocycles. The van der Waals surface area contributed by atoms with E-state index in [9.17, 15) is 192 Å². The first-order valence-electron chi connectivity index (χ1n) is 47.9. The summed E-state index contributed by atoms with van der Waals surface area (Å²) in [7, 11) is 0. The van der Waals surface area contributed by atoms with Crippen molar-refractivity contribution in [2.24, 2.45) is 0 Å². The van der Waals surface area contributed by atoms with Crippen LogP contribution < -0.4 is 31.9 Å². The predicted octanol–water partition coefficient (Wildman–Crippen LogP) is -25.6. The second kappa shape index (κ2) is 55.4. The Labute approximate surface area is 850 Å². The van der Waals surface area contributed by atoms with Gasteiger partial charge in [-0.15, -0.1) is 0 Å². The number of hydrogen-bond acceptors (Lipinski definition) is 60. The van der Waals surface area contributed by atoms with Gasteiger partial charge in [0, 0.05) is 41.5 Å². The van der Waals surface area contributed by atoms with E-state index >= 15 is 0 Å². The summed E-state index contributed by atoms with van der Waals surface area (Å²) in [5.41, 5.74) is 0. The molecule has 11 rings (SSSR count). The van der Waals surface area contributed by atoms with Gasteiger partial charge in [-0.05, 0) is 6.92 Å². The van der Waals surface area contributed by atoms with Crippen molar-refractivity contribution in [1.82, 2.24) is 31.9 Å². The highest BCUT2D eigenvalue weighted by Gasteiger charge is 2.64. The van der Waals surface area contributed by atoms with Crippen LogP contribution in [-0.4, -0.2) is 640 Å². The maximum atomic E-state index is 13.8. The van der Waals surface area contributed by atoms with Crippen LogP contribution in [0.5, 0.6) is 0 Å². The summed E-state index contributed by atoms with van der Waals surface area (Å²) in [5, 5.41) is 379. The van der Waals surface area contributed by atoms with Crippen LogP contribution in [0, 0.1) is 0 Å². The van der Waals surface area contributed by atoms with Crippen molar-refractivity contribution in [3.63, 3.8) is 0 Å². The molecule has 0 aromatic heterocycles. The Bertz CT molecular complexity index is 4190. The standard InChI is InChI=1S/C84H142N6O60/c1-20-44(108)56(120)60(124)79(131-20)129-18-28(107)65(45(109)27(8-91)85-21(2)101)142-76-41(88-24(5)104)53(117)68(36(16-99)137-76)146-82-64(128)71(70(147-74-39(86-22(3)102)51(115)46(110)29(9-92)132-74)38(141-82)19-130-83-72(59(123)50(114)33(13-96)136-83)149-75-40(87-23(4)103)52(116)47(111)30(10-93)133-75)148-84-73(150-78-43(90-26(7)106)55(119)67(35(15-98)139-78)145-81-62(126)58(122)49(113)32(12-95)135-81)63(127)69(37(17-100)140-84)143-77-42(89-25(6)105)54(118)66(34(14-97)138-77)144-80-61(125)57(121)48(112)31(11-94)134-80/h20,27-84,91-100,107-128H,8-19H2,1-7H3,(H,85,101)(H,86,102)(H,87,103)(H,88,104)(H,89,105)(H,90,106)/t20-,27-,28+,29+,30+,31+,32+,33+,34+,35+,36+,37+,38+,39+,40+,41+,42+,43+,44+,45+,46+,47+,48-,49-,50+,51+,52+,53+,54+,55+,56+,57-,58-,59-,60-,61+,62+,63-,64-,65+,66+,67+,68+,69+,70+,71+,72-,73-,74-,75-,76-,77-,78-,79+,80-,81-,82-,83-,84+/m0/s1. The van der Waals surface area contributed by atoms with E-state index in [2.05, 4.69) is 31.9 Å². The SMILES string of the molecule is CC(=O)N[C@H]1[C@H](O[C@@H]([C@H](O)[C@H](CO)NC(C)=O)[C@H](O)CO[C@@H]2O[C@@H](C)[C@@H](O)[C@@H](O)[C@@H]2O)O[C@H](CO)[C@@H](O[C@@H]2O[C@H](CO[C@H]3O[C@H](CO)[C@@H](O)[C@H](O)[C@@H]3O[C@@H]3O[C@H](CO)[C@@H](O)[C@H](O)[C@H]3NC(C)=O)[C@@H](O[C@@H]3O[C@H](CO)[C@@H](O)[C@H](O)[C@H]3NC(C)=O)[C@H](O[C@H]3O[C@H](CO)[C@@H](O[C@@H]4O[C@H](CO)[C@@H](O[C@@H]5O[C@H](CO)[C@H](O)[C@H](O)[C@H]5O)[C@H](O)[C@H]4NC(C)=O)[C@H](O)[C@@H]3O[C@@H]3O[C@H](CO)[C@@H](O[C@@H]4O[C@H](CO)[C@H](O)[C@H](O)[C@H]4O)[C@H](O)[C@H]3NC(C)=O)[C@@H]2O)[C@@H]1O. The Morgan fingerprint density at radius 2 is 0.527 bits per heavy atom. The van der Waals surface area contributed by atoms with Crippen molar-refractivity contribution in [3.05, 3.63) is 0 Å². The fraction of sp³-hybridized carbons (Fsp3) is 0.929. The molecule has 66 nitrogen and oxygen atoms in total. The summed E-state index contributed by atoms with van der Waals surface area (Å²) in [5.74, 6) is -6.29. The molecule has 66 heteroatoms. The van der Waals surface area contributed by atoms with E-state index in [4.69, 9.17) is 104 Å². The highest BCUT2D eigenvalue weighted by molar-refractivity contribution is 5.75. The highest BCUT2D eigenvalue weighted by Crippen LogP contribution is 2.43. The van der Waals surface area contributed by atoms with Gasteiger partial charge in [-0.1, -0.05) is 0 Å². The van der Waals surface area contributed by atoms with Crippen LogP contribution in [0.2, 0.25) is 0 Å². The van der Waals surface area contributed by atoms with Crippen LogP contribution >= 0.6 is 0 Å². The quantitative estimate of drug-likeness (QED) is 0.0270. The summed E-state index contributed by atoms with van der Waals surface area (Å²) >= 11 is 0. The number of amides is 6. The number of rotatable bonds is 43. The van der Waals surface area contributed by atoms with Gasteiger partial charge < -0.3 is 300 Å². The number of aliphatic hydroxyl groups is 32. The van der Waals surface area contributed by atoms with Crippen molar-refractivity contribution in [2.75, 3.05) is 79.3 Å². The summed E-state index contributed by atoms with van der Waals surface area (Å²) in [4.78, 5) is 79.6. The van der Waals surface area contributed by atoms with Gasteiger partial charge in [0.2, 0.25) is 35.4 Å². The largest absolute Gasteiger partial charge is 0.394 e. The lowest BCUT2D eigenvalue weighted by Gasteiger charge is -2.53. The molecule has 0 spiro atoms. The van der Waals surface area contributed by atoms with Crippen LogP contribution in [0.25, 0.3) is 0 Å². The van der Waals surface area contributed by atoms with E-state index in [0.29, 0.717) is 0 Å². The Kier molecular flexibility index (Phi) is 46.1. The molecule has 6 amide bonds. The minimum atomic E-state index is -2.98. The highest BCUT2D eigenvalue weighted by atomic mass is 16.8. The smallest absolute Gasteiger partial charge is 0.217 e. The van der Waals surface area contributed by atoms with Gasteiger partial charge >= 0.3 is 0 Å². The van der Waals surface area contributed by atoms with E-state index in [0.717, 1.165) is 41.5 Å². The van der Waals surface area contributed by atoms with Crippen LogP contribution in [0.1, 0.15) is 48.5 Å². The summed E-state index contributed by atoms with van der Waals surface area (Å²) in [6.45, 7) is -8.62. The van der Waals surface area contributed by atoms with E-state index in [-0.39, 0.29) is 0 Å². The molecule has 11 aliphatic rings. The zero-order valence-corrected chi connectivity index (χ0v) is 81.3. The third-order valence-corrected chi connectivity index (χ3v) is 27.1. The van der Waals surface area contributed by atoms with Crippen molar-refractivity contribution in [1.29, 1.82) is 0 Å². The topological polar surface area (TPSA) is 1030 Å². The normalized spacial score (nSPS) is 46.5. The molecule has 11 saturated heterocycles. The van der Waals surface area contributed by atoms with Crippen molar-refractivity contribution in [2.45, 2.75) is 410 Å². The van der Waals surface area contributed by atoms with Gasteiger partial charge in [0.25, 0.3) is 0 Å². The Hall–Kier alpha value is -5.34. The van der Waals surface area contributed by atoms with Crippen LogP contribution in [0.15, 0.2) is 0 Å². The monoisotopic (exact) mass is 2190 g/mol. The second-order valence-electron chi connectivity index (χ2n) is 37.8. The first-order valence-corrected chi connectivity index (χ1v) is 47.9. The molecule has 11 fully saturated rings. The second-order valence-corrected chi connectivity index (χ2v) is 37.8. The molecule has 0 bridgehead atoms. The minimum Gasteiger partial charge on any atom is -0.394 e. The van der Waals surface area contributed by atoms with Crippen molar-refractivity contribution < 1.29 is 296 Å². The Balaban J connectivity index is 1.08. The number of carbonyl (C=O) groups excluding carboxylic acids is 6. The molecule has 0 aromatic rings.